The number of rotatable bonds is 9. The van der Waals surface area contributed by atoms with Crippen molar-refractivity contribution in [3.05, 3.63) is 48.2 Å². The van der Waals surface area contributed by atoms with Crippen LogP contribution in [0, 0.1) is 0 Å². The summed E-state index contributed by atoms with van der Waals surface area (Å²) in [6.45, 7) is 1.22. The summed E-state index contributed by atoms with van der Waals surface area (Å²) in [6, 6.07) is 11.2. The Hall–Kier alpha value is -3.20. The van der Waals surface area contributed by atoms with E-state index in [-0.39, 0.29) is 30.2 Å². The minimum atomic E-state index is -0.719. The highest BCUT2D eigenvalue weighted by Gasteiger charge is 2.27. The van der Waals surface area contributed by atoms with Crippen molar-refractivity contribution >= 4 is 23.6 Å². The largest absolute Gasteiger partial charge is 0.469 e. The molecular weight excluding hydrogens is 412 g/mol. The number of methoxy groups -OCH3 is 2. The number of hydrogen-bond acceptors (Lipinski definition) is 6. The molecule has 0 bridgehead atoms. The summed E-state index contributed by atoms with van der Waals surface area (Å²) in [5.74, 6) is 0.0920. The summed E-state index contributed by atoms with van der Waals surface area (Å²) in [4.78, 5) is 38.2. The first kappa shape index (κ1) is 23.5. The smallest absolute Gasteiger partial charge is 0.305 e. The lowest BCUT2D eigenvalue weighted by molar-refractivity contribution is -0.141. The van der Waals surface area contributed by atoms with E-state index >= 15 is 0 Å². The van der Waals surface area contributed by atoms with Gasteiger partial charge in [0.15, 0.2) is 6.10 Å². The maximum atomic E-state index is 12.8. The first-order valence-corrected chi connectivity index (χ1v) is 10.8. The van der Waals surface area contributed by atoms with Crippen LogP contribution in [-0.2, 0) is 23.9 Å². The lowest BCUT2D eigenvalue weighted by Gasteiger charge is -2.33. The summed E-state index contributed by atoms with van der Waals surface area (Å²) >= 11 is 0. The Balaban J connectivity index is 1.54. The van der Waals surface area contributed by atoms with Gasteiger partial charge in [0.2, 0.25) is 5.91 Å². The number of nitrogens with zero attached hydrogens (tertiary/aromatic N) is 3. The number of aromatic nitrogens is 2. The summed E-state index contributed by atoms with van der Waals surface area (Å²) in [5.41, 5.74) is 0.776. The fourth-order valence-electron chi connectivity index (χ4n) is 3.92. The van der Waals surface area contributed by atoms with Gasteiger partial charge in [0, 0.05) is 39.1 Å². The van der Waals surface area contributed by atoms with Crippen LogP contribution >= 0.6 is 0 Å². The van der Waals surface area contributed by atoms with E-state index < -0.39 is 6.10 Å². The second-order valence-corrected chi connectivity index (χ2v) is 7.72. The van der Waals surface area contributed by atoms with Crippen molar-refractivity contribution in [2.24, 2.45) is 0 Å². The molecule has 0 aliphatic carbocycles. The van der Waals surface area contributed by atoms with Gasteiger partial charge in [0.1, 0.15) is 5.82 Å². The summed E-state index contributed by atoms with van der Waals surface area (Å²) in [6.07, 6.45) is 3.48. The van der Waals surface area contributed by atoms with E-state index in [1.807, 2.05) is 39.9 Å². The monoisotopic (exact) mass is 442 g/mol. The van der Waals surface area contributed by atoms with Crippen LogP contribution in [-0.4, -0.2) is 59.8 Å². The van der Waals surface area contributed by atoms with Crippen LogP contribution in [0.2, 0.25) is 0 Å². The second kappa shape index (κ2) is 11.4. The highest BCUT2D eigenvalue weighted by Crippen LogP contribution is 2.27. The molecule has 9 heteroatoms. The average molecular weight is 443 g/mol. The highest BCUT2D eigenvalue weighted by atomic mass is 16.5. The minimum Gasteiger partial charge on any atom is -0.469 e. The molecule has 1 atom stereocenters. The zero-order valence-electron chi connectivity index (χ0n) is 18.5. The van der Waals surface area contributed by atoms with E-state index in [1.54, 1.807) is 12.3 Å². The van der Waals surface area contributed by atoms with Crippen LogP contribution in [0.1, 0.15) is 49.8 Å². The molecule has 0 saturated carbocycles. The van der Waals surface area contributed by atoms with Crippen molar-refractivity contribution in [2.75, 3.05) is 32.6 Å². The zero-order valence-corrected chi connectivity index (χ0v) is 18.5. The Morgan fingerprint density at radius 3 is 2.47 bits per heavy atom. The molecule has 2 heterocycles. The number of piperidine rings is 1. The molecule has 1 saturated heterocycles. The quantitative estimate of drug-likeness (QED) is 0.599. The normalized spacial score (nSPS) is 15.2. The number of hydrogen-bond donors (Lipinski definition) is 1. The molecule has 0 unspecified atom stereocenters. The molecule has 1 aromatic carbocycles. The van der Waals surface area contributed by atoms with Crippen molar-refractivity contribution in [3.8, 4) is 0 Å². The second-order valence-electron chi connectivity index (χ2n) is 7.72. The molecule has 0 radical (unpaired) electrons. The molecule has 1 aliphatic heterocycles. The van der Waals surface area contributed by atoms with Crippen molar-refractivity contribution < 1.29 is 23.9 Å². The van der Waals surface area contributed by atoms with Crippen molar-refractivity contribution in [3.63, 3.8) is 0 Å². The average Bonchev–Trinajstić information content (AvgIpc) is 3.28. The number of carbonyl (C=O) groups is 3. The van der Waals surface area contributed by atoms with Gasteiger partial charge in [-0.1, -0.05) is 30.3 Å². The molecule has 1 aliphatic rings. The number of likely N-dealkylation sites (tertiary alicyclic amines) is 1. The number of benzene rings is 1. The third-order valence-corrected chi connectivity index (χ3v) is 5.66. The van der Waals surface area contributed by atoms with Gasteiger partial charge in [-0.15, -0.1) is 0 Å². The third-order valence-electron chi connectivity index (χ3n) is 5.66. The van der Waals surface area contributed by atoms with E-state index in [0.717, 1.165) is 18.4 Å². The number of carbonyl (C=O) groups excluding carboxylic acids is 3. The molecule has 3 rings (SSSR count). The fourth-order valence-corrected chi connectivity index (χ4v) is 3.92. The highest BCUT2D eigenvalue weighted by molar-refractivity contribution is 5.94. The van der Waals surface area contributed by atoms with Crippen LogP contribution in [0.5, 0.6) is 0 Å². The summed E-state index contributed by atoms with van der Waals surface area (Å²) in [5, 5.41) is 7.33. The standard InChI is InChI=1S/C23H30N4O5/c1-31-21(29)10-6-9-20(28)26-15-12-18(13-16-26)27-19(11-14-24-27)25-23(30)22(32-2)17-7-4-3-5-8-17/h3-5,7-8,11,14,18,22H,6,9-10,12-13,15-16H2,1-2H3,(H,25,30)/t22-/m1/s1. The molecule has 9 nitrogen and oxygen atoms in total. The van der Waals surface area contributed by atoms with Gasteiger partial charge in [-0.3, -0.25) is 14.4 Å². The van der Waals surface area contributed by atoms with Crippen LogP contribution in [0.25, 0.3) is 0 Å². The van der Waals surface area contributed by atoms with E-state index in [9.17, 15) is 14.4 Å². The minimum absolute atomic E-state index is 0.0483. The Morgan fingerprint density at radius 1 is 1.09 bits per heavy atom. The maximum Gasteiger partial charge on any atom is 0.305 e. The van der Waals surface area contributed by atoms with Gasteiger partial charge in [-0.25, -0.2) is 4.68 Å². The Kier molecular flexibility index (Phi) is 8.38. The Morgan fingerprint density at radius 2 is 1.81 bits per heavy atom. The van der Waals surface area contributed by atoms with Gasteiger partial charge in [-0.05, 0) is 24.8 Å². The van der Waals surface area contributed by atoms with E-state index in [4.69, 9.17) is 4.74 Å². The number of ether oxygens (including phenoxy) is 2. The predicted octanol–water partition coefficient (Wildman–Crippen LogP) is 2.72. The van der Waals surface area contributed by atoms with Crippen LogP contribution in [0.15, 0.2) is 42.6 Å². The Labute approximate surface area is 187 Å². The molecule has 0 spiro atoms. The first-order valence-electron chi connectivity index (χ1n) is 10.8. The molecule has 172 valence electrons. The lowest BCUT2D eigenvalue weighted by atomic mass is 10.0. The van der Waals surface area contributed by atoms with E-state index in [0.29, 0.717) is 31.7 Å². The van der Waals surface area contributed by atoms with Gasteiger partial charge in [0.05, 0.1) is 19.3 Å². The number of esters is 1. The van der Waals surface area contributed by atoms with Gasteiger partial charge in [-0.2, -0.15) is 5.10 Å². The number of amides is 2. The summed E-state index contributed by atoms with van der Waals surface area (Å²) in [7, 11) is 2.85. The number of anilines is 1. The number of nitrogens with one attached hydrogen (secondary N) is 1. The van der Waals surface area contributed by atoms with Crippen LogP contribution in [0.3, 0.4) is 0 Å². The van der Waals surface area contributed by atoms with Crippen molar-refractivity contribution in [1.29, 1.82) is 0 Å². The van der Waals surface area contributed by atoms with Crippen molar-refractivity contribution in [2.45, 2.75) is 44.2 Å². The molecule has 1 aromatic heterocycles. The molecule has 2 amide bonds. The SMILES string of the molecule is COC(=O)CCCC(=O)N1CCC(n2nccc2NC(=O)[C@H](OC)c2ccccc2)CC1. The molecule has 1 N–H and O–H groups in total. The molecule has 1 fully saturated rings. The maximum absolute atomic E-state index is 12.8. The molecular formula is C23H30N4O5. The van der Waals surface area contributed by atoms with Gasteiger partial charge >= 0.3 is 5.97 Å². The lowest BCUT2D eigenvalue weighted by Crippen LogP contribution is -2.39. The Bertz CT molecular complexity index is 906. The predicted molar refractivity (Wildman–Crippen MR) is 118 cm³/mol. The van der Waals surface area contributed by atoms with E-state index in [2.05, 4.69) is 15.2 Å². The van der Waals surface area contributed by atoms with E-state index in [1.165, 1.54) is 14.2 Å². The van der Waals surface area contributed by atoms with Gasteiger partial charge in [0.25, 0.3) is 5.91 Å². The topological polar surface area (TPSA) is 103 Å². The fraction of sp³-hybridized carbons (Fsp3) is 0.478. The molecule has 2 aromatic rings. The van der Waals surface area contributed by atoms with Crippen LogP contribution in [0.4, 0.5) is 5.82 Å². The molecule has 32 heavy (non-hydrogen) atoms. The third kappa shape index (κ3) is 5.94. The first-order chi connectivity index (χ1) is 15.5. The zero-order chi connectivity index (χ0) is 22.9. The van der Waals surface area contributed by atoms with Gasteiger partial charge < -0.3 is 19.7 Å². The summed E-state index contributed by atoms with van der Waals surface area (Å²) < 4.78 is 11.8. The van der Waals surface area contributed by atoms with Crippen molar-refractivity contribution in [1.82, 2.24) is 14.7 Å². The van der Waals surface area contributed by atoms with Crippen LogP contribution < -0.4 is 5.32 Å².